The van der Waals surface area contributed by atoms with Crippen LogP contribution in [0.2, 0.25) is 0 Å². The van der Waals surface area contributed by atoms with E-state index in [1.54, 1.807) is 29.2 Å². The van der Waals surface area contributed by atoms with Crippen LogP contribution in [-0.4, -0.2) is 68.4 Å². The number of nitrogens with two attached hydrogens (primary N) is 2. The average molecular weight is 514 g/mol. The third-order valence-electron chi connectivity index (χ3n) is 7.48. The summed E-state index contributed by atoms with van der Waals surface area (Å²) in [6.07, 6.45) is 1.93. The second kappa shape index (κ2) is 9.68. The summed E-state index contributed by atoms with van der Waals surface area (Å²) in [6, 6.07) is 11.9. The summed E-state index contributed by atoms with van der Waals surface area (Å²) in [5.74, 6) is -0.883. The standard InChI is InChI=1S/C26H27N9O3/c1-14(30-13-22(36)35-8-2-3-17(35)12-27)11-26(25-31-33-34-32-25)20-6-4-15(23(28)37)9-18(20)19-10-16(24(29)38)5-7-21(19)26/h4-7,9-10,14,17,30H,2-3,8,11,13H2,1H3,(H2,28,37)(H2,29,38)(H,31,32,33,34)/t14-,17-/m0/s1. The first-order valence-corrected chi connectivity index (χ1v) is 12.3. The van der Waals surface area contributed by atoms with E-state index in [1.165, 1.54) is 0 Å². The Bertz CT molecular complexity index is 1400. The number of aromatic nitrogens is 4. The Morgan fingerprint density at radius 1 is 1.16 bits per heavy atom. The number of hydrogen-bond donors (Lipinski definition) is 4. The number of hydrogen-bond acceptors (Lipinski definition) is 8. The van der Waals surface area contributed by atoms with Crippen molar-refractivity contribution in [3.8, 4) is 17.2 Å². The molecular weight excluding hydrogens is 486 g/mol. The molecule has 1 aliphatic heterocycles. The van der Waals surface area contributed by atoms with E-state index in [0.29, 0.717) is 47.5 Å². The summed E-state index contributed by atoms with van der Waals surface area (Å²) < 4.78 is 0. The molecule has 38 heavy (non-hydrogen) atoms. The zero-order chi connectivity index (χ0) is 27.0. The van der Waals surface area contributed by atoms with Crippen molar-refractivity contribution in [1.29, 1.82) is 5.26 Å². The van der Waals surface area contributed by atoms with Crippen LogP contribution in [0.4, 0.5) is 0 Å². The molecule has 2 atom stereocenters. The van der Waals surface area contributed by atoms with Crippen LogP contribution >= 0.6 is 0 Å². The highest BCUT2D eigenvalue weighted by Crippen LogP contribution is 2.54. The number of rotatable bonds is 8. The van der Waals surface area contributed by atoms with E-state index >= 15 is 0 Å². The molecule has 6 N–H and O–H groups in total. The zero-order valence-electron chi connectivity index (χ0n) is 20.8. The number of nitriles is 1. The van der Waals surface area contributed by atoms with Gasteiger partial charge in [-0.2, -0.15) is 10.5 Å². The van der Waals surface area contributed by atoms with E-state index in [-0.39, 0.29) is 18.5 Å². The molecule has 0 spiro atoms. The number of likely N-dealkylation sites (tertiary alicyclic amines) is 1. The van der Waals surface area contributed by atoms with Gasteiger partial charge < -0.3 is 21.7 Å². The van der Waals surface area contributed by atoms with Crippen LogP contribution in [0.3, 0.4) is 0 Å². The molecule has 0 radical (unpaired) electrons. The van der Waals surface area contributed by atoms with E-state index in [9.17, 15) is 19.6 Å². The van der Waals surface area contributed by atoms with Gasteiger partial charge in [-0.05, 0) is 72.7 Å². The second-order valence-corrected chi connectivity index (χ2v) is 9.75. The van der Waals surface area contributed by atoms with Gasteiger partial charge in [-0.3, -0.25) is 14.4 Å². The van der Waals surface area contributed by atoms with Gasteiger partial charge in [0.2, 0.25) is 17.7 Å². The molecule has 5 rings (SSSR count). The molecule has 194 valence electrons. The second-order valence-electron chi connectivity index (χ2n) is 9.75. The first-order valence-electron chi connectivity index (χ1n) is 12.3. The van der Waals surface area contributed by atoms with Crippen LogP contribution in [-0.2, 0) is 10.2 Å². The Labute approximate surface area is 218 Å². The van der Waals surface area contributed by atoms with Crippen molar-refractivity contribution >= 4 is 17.7 Å². The van der Waals surface area contributed by atoms with Crippen molar-refractivity contribution in [2.45, 2.75) is 43.7 Å². The molecule has 0 unspecified atom stereocenters. The van der Waals surface area contributed by atoms with Crippen molar-refractivity contribution in [3.63, 3.8) is 0 Å². The maximum atomic E-state index is 12.8. The number of aromatic amines is 1. The topological polar surface area (TPSA) is 197 Å². The summed E-state index contributed by atoms with van der Waals surface area (Å²) in [5, 5.41) is 27.7. The van der Waals surface area contributed by atoms with Gasteiger partial charge in [0.05, 0.1) is 18.0 Å². The summed E-state index contributed by atoms with van der Waals surface area (Å²) in [4.78, 5) is 38.5. The van der Waals surface area contributed by atoms with Gasteiger partial charge >= 0.3 is 0 Å². The molecule has 1 aliphatic carbocycles. The SMILES string of the molecule is C[C@@H](CC1(c2nn[nH]n2)c2ccc(C(N)=O)cc2-c2cc(C(N)=O)ccc21)NCC(=O)N1CCC[C@H]1C#N. The highest BCUT2D eigenvalue weighted by Gasteiger charge is 2.49. The Balaban J connectivity index is 1.55. The number of nitrogens with zero attached hydrogens (tertiary/aromatic N) is 5. The number of benzene rings is 2. The van der Waals surface area contributed by atoms with Gasteiger partial charge in [0.1, 0.15) is 6.04 Å². The Morgan fingerprint density at radius 3 is 2.32 bits per heavy atom. The quantitative estimate of drug-likeness (QED) is 0.335. The van der Waals surface area contributed by atoms with Gasteiger partial charge in [0, 0.05) is 23.7 Å². The summed E-state index contributed by atoms with van der Waals surface area (Å²) in [5.41, 5.74) is 13.9. The maximum Gasteiger partial charge on any atom is 0.248 e. The fraction of sp³-hybridized carbons (Fsp3) is 0.346. The number of carbonyl (C=O) groups is 3. The molecule has 2 aromatic carbocycles. The summed E-state index contributed by atoms with van der Waals surface area (Å²) in [7, 11) is 0. The molecule has 0 bridgehead atoms. The van der Waals surface area contributed by atoms with Crippen molar-refractivity contribution in [2.24, 2.45) is 11.5 Å². The predicted molar refractivity (Wildman–Crippen MR) is 135 cm³/mol. The molecule has 2 heterocycles. The van der Waals surface area contributed by atoms with Crippen LogP contribution in [0.15, 0.2) is 36.4 Å². The first-order chi connectivity index (χ1) is 18.3. The van der Waals surface area contributed by atoms with E-state index < -0.39 is 23.3 Å². The van der Waals surface area contributed by atoms with Crippen molar-refractivity contribution < 1.29 is 14.4 Å². The van der Waals surface area contributed by atoms with Crippen LogP contribution in [0.1, 0.15) is 63.9 Å². The molecule has 0 saturated carbocycles. The molecule has 2 aliphatic rings. The van der Waals surface area contributed by atoms with Crippen molar-refractivity contribution in [2.75, 3.05) is 13.1 Å². The highest BCUT2D eigenvalue weighted by molar-refractivity contribution is 5.98. The minimum atomic E-state index is -0.914. The largest absolute Gasteiger partial charge is 0.366 e. The Morgan fingerprint density at radius 2 is 1.79 bits per heavy atom. The van der Waals surface area contributed by atoms with Gasteiger partial charge in [0.15, 0.2) is 5.82 Å². The van der Waals surface area contributed by atoms with E-state index in [4.69, 9.17) is 11.5 Å². The monoisotopic (exact) mass is 513 g/mol. The van der Waals surface area contributed by atoms with Gasteiger partial charge in [-0.25, -0.2) is 0 Å². The van der Waals surface area contributed by atoms with E-state index in [0.717, 1.165) is 17.5 Å². The number of amides is 3. The Hall–Kier alpha value is -4.63. The van der Waals surface area contributed by atoms with E-state index in [1.807, 2.05) is 19.1 Å². The zero-order valence-corrected chi connectivity index (χ0v) is 20.8. The number of carbonyl (C=O) groups excluding carboxylic acids is 3. The number of primary amides is 2. The first kappa shape index (κ1) is 25.0. The van der Waals surface area contributed by atoms with Crippen LogP contribution in [0.25, 0.3) is 11.1 Å². The van der Waals surface area contributed by atoms with Crippen LogP contribution in [0.5, 0.6) is 0 Å². The normalized spacial score (nSPS) is 17.9. The maximum absolute atomic E-state index is 12.8. The minimum Gasteiger partial charge on any atom is -0.366 e. The van der Waals surface area contributed by atoms with Crippen molar-refractivity contribution in [3.05, 3.63) is 64.5 Å². The number of fused-ring (bicyclic) bond motifs is 3. The molecule has 12 heteroatoms. The number of H-pyrrole nitrogens is 1. The lowest BCUT2D eigenvalue weighted by atomic mass is 9.72. The Kier molecular flexibility index (Phi) is 6.38. The van der Waals surface area contributed by atoms with E-state index in [2.05, 4.69) is 32.0 Å². The smallest absolute Gasteiger partial charge is 0.248 e. The lowest BCUT2D eigenvalue weighted by Crippen LogP contribution is -2.45. The molecule has 1 fully saturated rings. The third kappa shape index (κ3) is 4.06. The van der Waals surface area contributed by atoms with Crippen LogP contribution < -0.4 is 16.8 Å². The molecule has 1 aromatic heterocycles. The lowest BCUT2D eigenvalue weighted by molar-refractivity contribution is -0.130. The predicted octanol–water partition coefficient (Wildman–Crippen LogP) is 0.595. The molecular formula is C26H27N9O3. The van der Waals surface area contributed by atoms with Gasteiger partial charge in [-0.15, -0.1) is 10.2 Å². The molecule has 1 saturated heterocycles. The molecule has 12 nitrogen and oxygen atoms in total. The fourth-order valence-corrected chi connectivity index (χ4v) is 5.72. The van der Waals surface area contributed by atoms with Crippen LogP contribution in [0, 0.1) is 11.3 Å². The van der Waals surface area contributed by atoms with Crippen molar-refractivity contribution in [1.82, 2.24) is 30.8 Å². The third-order valence-corrected chi connectivity index (χ3v) is 7.48. The summed E-state index contributed by atoms with van der Waals surface area (Å²) >= 11 is 0. The number of tetrazole rings is 1. The highest BCUT2D eigenvalue weighted by atomic mass is 16.2. The average Bonchev–Trinajstić information content (AvgIpc) is 3.66. The lowest BCUT2D eigenvalue weighted by Gasteiger charge is -2.32. The minimum absolute atomic E-state index is 0.0720. The molecule has 3 amide bonds. The summed E-state index contributed by atoms with van der Waals surface area (Å²) in [6.45, 7) is 2.60. The fourth-order valence-electron chi connectivity index (χ4n) is 5.72. The van der Waals surface area contributed by atoms with Gasteiger partial charge in [0.25, 0.3) is 0 Å². The molecule has 3 aromatic rings. The number of nitrogens with one attached hydrogen (secondary N) is 2. The van der Waals surface area contributed by atoms with Gasteiger partial charge in [-0.1, -0.05) is 17.3 Å².